The molecule has 0 aromatic heterocycles. The van der Waals surface area contributed by atoms with Crippen LogP contribution in [0.4, 0.5) is 18.9 Å². The lowest BCUT2D eigenvalue weighted by Gasteiger charge is -2.15. The average Bonchev–Trinajstić information content (AvgIpc) is 2.72. The quantitative estimate of drug-likeness (QED) is 0.858. The largest absolute Gasteiger partial charge is 0.416 e. The molecule has 2 N–H and O–H groups in total. The Morgan fingerprint density at radius 1 is 1.35 bits per heavy atom. The summed E-state index contributed by atoms with van der Waals surface area (Å²) in [6.45, 7) is 1.72. The van der Waals surface area contributed by atoms with Gasteiger partial charge in [-0.15, -0.1) is 0 Å². The van der Waals surface area contributed by atoms with E-state index in [1.165, 1.54) is 6.07 Å². The summed E-state index contributed by atoms with van der Waals surface area (Å²) in [5.41, 5.74) is -0.175. The summed E-state index contributed by atoms with van der Waals surface area (Å²) in [5.74, 6) is 0. The minimum Gasteiger partial charge on any atom is -0.380 e. The van der Waals surface area contributed by atoms with Crippen LogP contribution in [0.2, 0.25) is 5.02 Å². The van der Waals surface area contributed by atoms with Crippen LogP contribution in [0.1, 0.15) is 12.0 Å². The van der Waals surface area contributed by atoms with E-state index in [9.17, 15) is 13.2 Å². The highest BCUT2D eigenvalue weighted by atomic mass is 35.5. The second-order valence-corrected chi connectivity index (χ2v) is 4.43. The van der Waals surface area contributed by atoms with Gasteiger partial charge in [0.2, 0.25) is 0 Å². The highest BCUT2D eigenvalue weighted by Crippen LogP contribution is 2.34. The summed E-state index contributed by atoms with van der Waals surface area (Å²) >= 11 is 5.83. The Labute approximate surface area is 102 Å². The molecule has 17 heavy (non-hydrogen) atoms. The van der Waals surface area contributed by atoms with Crippen LogP contribution in [0.25, 0.3) is 0 Å². The van der Waals surface area contributed by atoms with Gasteiger partial charge in [-0.25, -0.2) is 0 Å². The van der Waals surface area contributed by atoms with Crippen LogP contribution < -0.4 is 10.6 Å². The molecule has 94 valence electrons. The molecular weight excluding hydrogens is 253 g/mol. The van der Waals surface area contributed by atoms with Gasteiger partial charge < -0.3 is 10.6 Å². The lowest BCUT2D eigenvalue weighted by molar-refractivity contribution is -0.137. The third-order valence-corrected chi connectivity index (χ3v) is 3.03. The first-order valence-electron chi connectivity index (χ1n) is 5.31. The van der Waals surface area contributed by atoms with E-state index in [4.69, 9.17) is 11.6 Å². The Morgan fingerprint density at radius 2 is 2.12 bits per heavy atom. The predicted molar refractivity (Wildman–Crippen MR) is 61.4 cm³/mol. The van der Waals surface area contributed by atoms with E-state index in [1.807, 2.05) is 0 Å². The van der Waals surface area contributed by atoms with E-state index in [2.05, 4.69) is 10.6 Å². The molecule has 1 saturated heterocycles. The minimum absolute atomic E-state index is 0.103. The van der Waals surface area contributed by atoms with Crippen molar-refractivity contribution in [3.8, 4) is 0 Å². The first-order valence-corrected chi connectivity index (χ1v) is 5.68. The number of alkyl halides is 3. The molecule has 2 nitrogen and oxygen atoms in total. The summed E-state index contributed by atoms with van der Waals surface area (Å²) in [6.07, 6.45) is -3.41. The second-order valence-electron chi connectivity index (χ2n) is 4.03. The number of nitrogens with one attached hydrogen (secondary N) is 2. The normalized spacial score (nSPS) is 20.6. The van der Waals surface area contributed by atoms with Gasteiger partial charge in [-0.1, -0.05) is 11.6 Å². The van der Waals surface area contributed by atoms with Crippen LogP contribution in [0.3, 0.4) is 0 Å². The van der Waals surface area contributed by atoms with Gasteiger partial charge in [0.15, 0.2) is 0 Å². The van der Waals surface area contributed by atoms with Crippen molar-refractivity contribution in [3.63, 3.8) is 0 Å². The monoisotopic (exact) mass is 264 g/mol. The highest BCUT2D eigenvalue weighted by molar-refractivity contribution is 6.33. The molecule has 1 unspecified atom stereocenters. The number of hydrogen-bond acceptors (Lipinski definition) is 2. The number of halogens is 4. The van der Waals surface area contributed by atoms with Gasteiger partial charge >= 0.3 is 6.18 Å². The van der Waals surface area contributed by atoms with Crippen LogP contribution in [-0.2, 0) is 6.18 Å². The van der Waals surface area contributed by atoms with Gasteiger partial charge in [-0.3, -0.25) is 0 Å². The van der Waals surface area contributed by atoms with Crippen LogP contribution in [0.5, 0.6) is 0 Å². The summed E-state index contributed by atoms with van der Waals surface area (Å²) in [4.78, 5) is 0. The molecule has 1 aliphatic rings. The fourth-order valence-corrected chi connectivity index (χ4v) is 2.04. The fraction of sp³-hybridized carbons (Fsp3) is 0.455. The summed E-state index contributed by atoms with van der Waals surface area (Å²) in [5, 5.41) is 6.39. The van der Waals surface area contributed by atoms with Crippen LogP contribution in [-0.4, -0.2) is 19.1 Å². The first-order chi connectivity index (χ1) is 7.97. The lowest BCUT2D eigenvalue weighted by atomic mass is 10.1. The van der Waals surface area contributed by atoms with Gasteiger partial charge in [0, 0.05) is 12.6 Å². The van der Waals surface area contributed by atoms with Crippen molar-refractivity contribution >= 4 is 17.3 Å². The Balaban J connectivity index is 2.14. The molecule has 0 spiro atoms. The maximum Gasteiger partial charge on any atom is 0.416 e. The lowest BCUT2D eigenvalue weighted by Crippen LogP contribution is -2.22. The predicted octanol–water partition coefficient (Wildman–Crippen LogP) is 3.13. The molecule has 0 amide bonds. The molecular formula is C11H12ClF3N2. The van der Waals surface area contributed by atoms with Crippen molar-refractivity contribution in [2.75, 3.05) is 18.4 Å². The van der Waals surface area contributed by atoms with Gasteiger partial charge in [0.05, 0.1) is 16.3 Å². The summed E-state index contributed by atoms with van der Waals surface area (Å²) in [7, 11) is 0. The van der Waals surface area contributed by atoms with Gasteiger partial charge in [0.1, 0.15) is 0 Å². The highest BCUT2D eigenvalue weighted by Gasteiger charge is 2.31. The molecule has 1 fully saturated rings. The maximum absolute atomic E-state index is 12.4. The smallest absolute Gasteiger partial charge is 0.380 e. The fourth-order valence-electron chi connectivity index (χ4n) is 1.81. The molecule has 1 aromatic rings. The molecule has 1 heterocycles. The Morgan fingerprint density at radius 3 is 2.65 bits per heavy atom. The standard InChI is InChI=1S/C11H12ClF3N2/c12-9-5-7(11(13,14)15)1-2-10(9)17-8-3-4-16-6-8/h1-2,5,8,16-17H,3-4,6H2. The third kappa shape index (κ3) is 3.04. The van der Waals surface area contributed by atoms with Crippen molar-refractivity contribution in [1.82, 2.24) is 5.32 Å². The molecule has 0 aliphatic carbocycles. The zero-order valence-corrected chi connectivity index (χ0v) is 9.70. The Bertz CT molecular complexity index is 400. The van der Waals surface area contributed by atoms with Gasteiger partial charge in [-0.05, 0) is 31.2 Å². The average molecular weight is 265 g/mol. The number of rotatable bonds is 2. The molecule has 0 radical (unpaired) electrons. The number of hydrogen-bond donors (Lipinski definition) is 2. The van der Waals surface area contributed by atoms with Gasteiger partial charge in [0.25, 0.3) is 0 Å². The van der Waals surface area contributed by atoms with E-state index in [0.717, 1.165) is 31.6 Å². The summed E-state index contributed by atoms with van der Waals surface area (Å²) < 4.78 is 37.2. The number of benzene rings is 1. The van der Waals surface area contributed by atoms with E-state index in [1.54, 1.807) is 0 Å². The number of anilines is 1. The van der Waals surface area contributed by atoms with Gasteiger partial charge in [-0.2, -0.15) is 13.2 Å². The molecule has 1 aromatic carbocycles. The van der Waals surface area contributed by atoms with Crippen molar-refractivity contribution in [2.24, 2.45) is 0 Å². The van der Waals surface area contributed by atoms with Crippen molar-refractivity contribution in [3.05, 3.63) is 28.8 Å². The second kappa shape index (κ2) is 4.74. The molecule has 0 saturated carbocycles. The zero-order chi connectivity index (χ0) is 12.5. The SMILES string of the molecule is FC(F)(F)c1ccc(NC2CCNC2)c(Cl)c1. The van der Waals surface area contributed by atoms with Crippen LogP contribution in [0.15, 0.2) is 18.2 Å². The maximum atomic E-state index is 12.4. The van der Waals surface area contributed by atoms with E-state index >= 15 is 0 Å². The van der Waals surface area contributed by atoms with Crippen molar-refractivity contribution in [2.45, 2.75) is 18.6 Å². The van der Waals surface area contributed by atoms with E-state index in [0.29, 0.717) is 5.69 Å². The molecule has 1 atom stereocenters. The molecule has 2 rings (SSSR count). The topological polar surface area (TPSA) is 24.1 Å². The Kier molecular flexibility index (Phi) is 3.49. The zero-order valence-electron chi connectivity index (χ0n) is 8.94. The van der Waals surface area contributed by atoms with E-state index < -0.39 is 11.7 Å². The summed E-state index contributed by atoms with van der Waals surface area (Å²) in [6, 6.07) is 3.59. The van der Waals surface area contributed by atoms with Crippen molar-refractivity contribution < 1.29 is 13.2 Å². The van der Waals surface area contributed by atoms with E-state index in [-0.39, 0.29) is 11.1 Å². The third-order valence-electron chi connectivity index (χ3n) is 2.72. The van der Waals surface area contributed by atoms with Crippen LogP contribution >= 0.6 is 11.6 Å². The van der Waals surface area contributed by atoms with Crippen LogP contribution in [0, 0.1) is 0 Å². The molecule has 1 aliphatic heterocycles. The molecule has 6 heteroatoms. The van der Waals surface area contributed by atoms with Crippen molar-refractivity contribution in [1.29, 1.82) is 0 Å². The molecule has 0 bridgehead atoms. The first kappa shape index (κ1) is 12.5. The minimum atomic E-state index is -4.35. The Hall–Kier alpha value is -0.940.